The van der Waals surface area contributed by atoms with Crippen molar-refractivity contribution in [1.29, 1.82) is 0 Å². The lowest BCUT2D eigenvalue weighted by Gasteiger charge is -2.12. The highest BCUT2D eigenvalue weighted by Crippen LogP contribution is 2.29. The number of amides is 2. The van der Waals surface area contributed by atoms with Gasteiger partial charge in [-0.2, -0.15) is 0 Å². The highest BCUT2D eigenvalue weighted by atomic mass is 16.5. The molecule has 0 radical (unpaired) electrons. The molecule has 0 aliphatic heterocycles. The summed E-state index contributed by atoms with van der Waals surface area (Å²) in [7, 11) is 3.08. The summed E-state index contributed by atoms with van der Waals surface area (Å²) in [6, 6.07) is 11.7. The van der Waals surface area contributed by atoms with Gasteiger partial charge in [0.1, 0.15) is 11.5 Å². The van der Waals surface area contributed by atoms with Crippen LogP contribution in [-0.4, -0.2) is 32.6 Å². The zero-order valence-corrected chi connectivity index (χ0v) is 15.5. The van der Waals surface area contributed by atoms with Crippen molar-refractivity contribution < 1.29 is 19.1 Å². The van der Waals surface area contributed by atoms with Crippen molar-refractivity contribution in [3.05, 3.63) is 53.6 Å². The second-order valence-electron chi connectivity index (χ2n) is 6.21. The van der Waals surface area contributed by atoms with Crippen LogP contribution in [0.3, 0.4) is 0 Å². The number of ether oxygens (including phenoxy) is 2. The minimum atomic E-state index is -0.327. The summed E-state index contributed by atoms with van der Waals surface area (Å²) in [6.07, 6.45) is 0. The molecule has 2 aromatic rings. The van der Waals surface area contributed by atoms with Crippen LogP contribution >= 0.6 is 0 Å². The highest BCUT2D eigenvalue weighted by Gasteiger charge is 2.13. The summed E-state index contributed by atoms with van der Waals surface area (Å²) in [5.74, 6) is 0.947. The van der Waals surface area contributed by atoms with Crippen LogP contribution in [0.15, 0.2) is 42.5 Å². The first-order valence-corrected chi connectivity index (χ1v) is 8.36. The molecule has 26 heavy (non-hydrogen) atoms. The summed E-state index contributed by atoms with van der Waals surface area (Å²) < 4.78 is 10.4. The Morgan fingerprint density at radius 1 is 0.962 bits per heavy atom. The van der Waals surface area contributed by atoms with Gasteiger partial charge in [0.25, 0.3) is 11.8 Å². The van der Waals surface area contributed by atoms with E-state index in [1.54, 1.807) is 49.6 Å². The van der Waals surface area contributed by atoms with Crippen molar-refractivity contribution in [3.63, 3.8) is 0 Å². The molecule has 0 fully saturated rings. The molecule has 0 aliphatic carbocycles. The maximum atomic E-state index is 12.5. The second kappa shape index (κ2) is 8.89. The van der Waals surface area contributed by atoms with Crippen LogP contribution in [0.5, 0.6) is 11.5 Å². The largest absolute Gasteiger partial charge is 0.497 e. The number of hydrogen-bond donors (Lipinski definition) is 2. The molecule has 138 valence electrons. The zero-order chi connectivity index (χ0) is 19.1. The fourth-order valence-electron chi connectivity index (χ4n) is 2.30. The average Bonchev–Trinajstić information content (AvgIpc) is 2.66. The third kappa shape index (κ3) is 4.99. The normalized spacial score (nSPS) is 10.3. The van der Waals surface area contributed by atoms with E-state index in [1.807, 2.05) is 13.8 Å². The number of carbonyl (C=O) groups is 2. The van der Waals surface area contributed by atoms with Gasteiger partial charge in [-0.3, -0.25) is 9.59 Å². The average molecular weight is 356 g/mol. The molecule has 0 bridgehead atoms. The van der Waals surface area contributed by atoms with E-state index in [9.17, 15) is 9.59 Å². The van der Waals surface area contributed by atoms with E-state index < -0.39 is 0 Å². The van der Waals surface area contributed by atoms with E-state index in [0.29, 0.717) is 40.8 Å². The number of anilines is 1. The first kappa shape index (κ1) is 19.3. The van der Waals surface area contributed by atoms with Crippen molar-refractivity contribution in [2.24, 2.45) is 5.92 Å². The highest BCUT2D eigenvalue weighted by molar-refractivity contribution is 6.06. The molecule has 2 aromatic carbocycles. The fraction of sp³-hybridized carbons (Fsp3) is 0.300. The Kier molecular flexibility index (Phi) is 6.60. The van der Waals surface area contributed by atoms with Crippen LogP contribution in [0.25, 0.3) is 0 Å². The Balaban J connectivity index is 2.15. The molecule has 0 atom stereocenters. The van der Waals surface area contributed by atoms with Crippen LogP contribution in [0.2, 0.25) is 0 Å². The molecular weight excluding hydrogens is 332 g/mol. The van der Waals surface area contributed by atoms with E-state index in [-0.39, 0.29) is 11.8 Å². The molecule has 2 amide bonds. The third-order valence-corrected chi connectivity index (χ3v) is 3.71. The Morgan fingerprint density at radius 3 is 2.27 bits per heavy atom. The first-order valence-electron chi connectivity index (χ1n) is 8.36. The van der Waals surface area contributed by atoms with Gasteiger partial charge >= 0.3 is 0 Å². The smallest absolute Gasteiger partial charge is 0.255 e. The standard InChI is InChI=1S/C20H24N2O4/c1-13(2)12-21-19(23)14-6-5-7-15(10-14)20(24)22-17-9-8-16(25-3)11-18(17)26-4/h5-11,13H,12H2,1-4H3,(H,21,23)(H,22,24). The van der Waals surface area contributed by atoms with Crippen LogP contribution in [0.1, 0.15) is 34.6 Å². The number of carbonyl (C=O) groups excluding carboxylic acids is 2. The van der Waals surface area contributed by atoms with Crippen LogP contribution in [-0.2, 0) is 0 Å². The molecule has 0 aromatic heterocycles. The van der Waals surface area contributed by atoms with Gasteiger partial charge in [-0.1, -0.05) is 19.9 Å². The summed E-state index contributed by atoms with van der Waals surface area (Å²) >= 11 is 0. The molecule has 0 heterocycles. The number of benzene rings is 2. The number of methoxy groups -OCH3 is 2. The van der Waals surface area contributed by atoms with Crippen molar-refractivity contribution in [1.82, 2.24) is 5.32 Å². The molecule has 0 saturated carbocycles. The predicted molar refractivity (Wildman–Crippen MR) is 101 cm³/mol. The monoisotopic (exact) mass is 356 g/mol. The SMILES string of the molecule is COc1ccc(NC(=O)c2cccc(C(=O)NCC(C)C)c2)c(OC)c1. The van der Waals surface area contributed by atoms with Crippen molar-refractivity contribution in [3.8, 4) is 11.5 Å². The second-order valence-corrected chi connectivity index (χ2v) is 6.21. The molecule has 2 N–H and O–H groups in total. The lowest BCUT2D eigenvalue weighted by molar-refractivity contribution is 0.0949. The van der Waals surface area contributed by atoms with Gasteiger partial charge in [-0.25, -0.2) is 0 Å². The Morgan fingerprint density at radius 2 is 1.65 bits per heavy atom. The Hall–Kier alpha value is -3.02. The van der Waals surface area contributed by atoms with Gasteiger partial charge in [0.05, 0.1) is 19.9 Å². The number of nitrogens with one attached hydrogen (secondary N) is 2. The molecule has 2 rings (SSSR count). The summed E-state index contributed by atoms with van der Waals surface area (Å²) in [4.78, 5) is 24.7. The van der Waals surface area contributed by atoms with E-state index in [1.165, 1.54) is 7.11 Å². The molecule has 0 spiro atoms. The molecular formula is C20H24N2O4. The lowest BCUT2D eigenvalue weighted by Crippen LogP contribution is -2.27. The molecule has 0 unspecified atom stereocenters. The van der Waals surface area contributed by atoms with Crippen LogP contribution in [0.4, 0.5) is 5.69 Å². The van der Waals surface area contributed by atoms with E-state index in [2.05, 4.69) is 10.6 Å². The van der Waals surface area contributed by atoms with Crippen molar-refractivity contribution >= 4 is 17.5 Å². The quantitative estimate of drug-likeness (QED) is 0.798. The maximum Gasteiger partial charge on any atom is 0.255 e. The number of rotatable bonds is 7. The summed E-state index contributed by atoms with van der Waals surface area (Å²) in [6.45, 7) is 4.62. The van der Waals surface area contributed by atoms with Crippen molar-refractivity contribution in [2.75, 3.05) is 26.1 Å². The predicted octanol–water partition coefficient (Wildman–Crippen LogP) is 3.34. The molecule has 6 heteroatoms. The minimum Gasteiger partial charge on any atom is -0.497 e. The fourth-order valence-corrected chi connectivity index (χ4v) is 2.30. The third-order valence-electron chi connectivity index (χ3n) is 3.71. The molecule has 0 saturated heterocycles. The van der Waals surface area contributed by atoms with E-state index in [4.69, 9.17) is 9.47 Å². The minimum absolute atomic E-state index is 0.199. The summed E-state index contributed by atoms with van der Waals surface area (Å²) in [5.41, 5.74) is 1.35. The van der Waals surface area contributed by atoms with Crippen LogP contribution < -0.4 is 20.1 Å². The van der Waals surface area contributed by atoms with Gasteiger partial charge in [-0.15, -0.1) is 0 Å². The van der Waals surface area contributed by atoms with Gasteiger partial charge in [-0.05, 0) is 36.2 Å². The van der Waals surface area contributed by atoms with E-state index >= 15 is 0 Å². The van der Waals surface area contributed by atoms with E-state index in [0.717, 1.165) is 0 Å². The van der Waals surface area contributed by atoms with Crippen LogP contribution in [0, 0.1) is 5.92 Å². The van der Waals surface area contributed by atoms with Gasteiger partial charge in [0, 0.05) is 23.7 Å². The lowest BCUT2D eigenvalue weighted by atomic mass is 10.1. The van der Waals surface area contributed by atoms with Crippen molar-refractivity contribution in [2.45, 2.75) is 13.8 Å². The topological polar surface area (TPSA) is 76.7 Å². The number of hydrogen-bond acceptors (Lipinski definition) is 4. The Bertz CT molecular complexity index is 787. The summed E-state index contributed by atoms with van der Waals surface area (Å²) in [5, 5.41) is 5.63. The maximum absolute atomic E-state index is 12.5. The van der Waals surface area contributed by atoms with Gasteiger partial charge < -0.3 is 20.1 Å². The molecule has 6 nitrogen and oxygen atoms in total. The Labute approximate surface area is 153 Å². The molecule has 0 aliphatic rings. The van der Waals surface area contributed by atoms with Gasteiger partial charge in [0.2, 0.25) is 0 Å². The first-order chi connectivity index (χ1) is 12.4. The van der Waals surface area contributed by atoms with Gasteiger partial charge in [0.15, 0.2) is 0 Å². The zero-order valence-electron chi connectivity index (χ0n) is 15.5.